The first-order valence-corrected chi connectivity index (χ1v) is 7.00. The molecule has 0 spiro atoms. The Hall–Kier alpha value is -1.75. The second-order valence-corrected chi connectivity index (χ2v) is 5.22. The molecule has 0 atom stereocenters. The summed E-state index contributed by atoms with van der Waals surface area (Å²) in [6.45, 7) is 6.76. The number of ether oxygens (including phenoxy) is 1. The molecule has 1 saturated heterocycles. The van der Waals surface area contributed by atoms with Gasteiger partial charge in [0.05, 0.1) is 11.8 Å². The molecule has 5 nitrogen and oxygen atoms in total. The molecule has 5 heteroatoms. The van der Waals surface area contributed by atoms with Crippen LogP contribution in [0.3, 0.4) is 0 Å². The number of para-hydroxylation sites is 2. The van der Waals surface area contributed by atoms with Crippen LogP contribution in [-0.4, -0.2) is 54.8 Å². The van der Waals surface area contributed by atoms with Gasteiger partial charge in [-0.1, -0.05) is 12.1 Å². The van der Waals surface area contributed by atoms with E-state index in [4.69, 9.17) is 4.74 Å². The van der Waals surface area contributed by atoms with Crippen LogP contribution in [0.1, 0.15) is 13.8 Å². The molecule has 1 amide bonds. The van der Waals surface area contributed by atoms with Gasteiger partial charge in [0.15, 0.2) is 0 Å². The molecule has 1 aliphatic rings. The van der Waals surface area contributed by atoms with Crippen molar-refractivity contribution in [2.45, 2.75) is 20.0 Å². The number of phenolic OH excluding ortho intramolecular Hbond substituents is 1. The number of amides is 1. The van der Waals surface area contributed by atoms with Gasteiger partial charge in [0, 0.05) is 26.2 Å². The first kappa shape index (κ1) is 14.7. The summed E-state index contributed by atoms with van der Waals surface area (Å²) in [6, 6.07) is 7.29. The zero-order chi connectivity index (χ0) is 14.5. The summed E-state index contributed by atoms with van der Waals surface area (Å²) < 4.78 is 5.34. The maximum absolute atomic E-state index is 11.9. The molecule has 1 N–H and O–H groups in total. The van der Waals surface area contributed by atoms with E-state index in [-0.39, 0.29) is 24.4 Å². The second kappa shape index (κ2) is 6.61. The standard InChI is InChI=1S/C15H22N2O3/c1-12(2)20-11-15(19)17-9-7-16(8-10-17)13-5-3-4-6-14(13)18/h3-6,12,18H,7-11H2,1-2H3. The lowest BCUT2D eigenvalue weighted by Gasteiger charge is -2.36. The molecule has 0 radical (unpaired) electrons. The van der Waals surface area contributed by atoms with Crippen LogP contribution in [0, 0.1) is 0 Å². The van der Waals surface area contributed by atoms with Crippen molar-refractivity contribution in [3.63, 3.8) is 0 Å². The number of hydrogen-bond donors (Lipinski definition) is 1. The average molecular weight is 278 g/mol. The maximum Gasteiger partial charge on any atom is 0.248 e. The van der Waals surface area contributed by atoms with Gasteiger partial charge in [0.1, 0.15) is 12.4 Å². The smallest absolute Gasteiger partial charge is 0.248 e. The van der Waals surface area contributed by atoms with Crippen molar-refractivity contribution in [1.82, 2.24) is 4.90 Å². The van der Waals surface area contributed by atoms with E-state index < -0.39 is 0 Å². The fraction of sp³-hybridized carbons (Fsp3) is 0.533. The molecule has 0 unspecified atom stereocenters. The van der Waals surface area contributed by atoms with E-state index in [1.165, 1.54) is 0 Å². The van der Waals surface area contributed by atoms with Crippen LogP contribution in [0.5, 0.6) is 5.75 Å². The highest BCUT2D eigenvalue weighted by molar-refractivity contribution is 5.77. The lowest BCUT2D eigenvalue weighted by atomic mass is 10.2. The molecule has 1 aromatic rings. The van der Waals surface area contributed by atoms with Gasteiger partial charge in [-0.15, -0.1) is 0 Å². The predicted molar refractivity (Wildman–Crippen MR) is 78.0 cm³/mol. The van der Waals surface area contributed by atoms with Crippen LogP contribution < -0.4 is 4.90 Å². The van der Waals surface area contributed by atoms with Gasteiger partial charge >= 0.3 is 0 Å². The van der Waals surface area contributed by atoms with Crippen molar-refractivity contribution in [1.29, 1.82) is 0 Å². The van der Waals surface area contributed by atoms with Gasteiger partial charge in [0.2, 0.25) is 5.91 Å². The zero-order valence-corrected chi connectivity index (χ0v) is 12.1. The van der Waals surface area contributed by atoms with Crippen LogP contribution in [0.25, 0.3) is 0 Å². The average Bonchev–Trinajstić information content (AvgIpc) is 2.45. The quantitative estimate of drug-likeness (QED) is 0.906. The number of benzene rings is 1. The van der Waals surface area contributed by atoms with Gasteiger partial charge in [-0.25, -0.2) is 0 Å². The Balaban J connectivity index is 1.86. The molecule has 1 aromatic carbocycles. The third-order valence-electron chi connectivity index (χ3n) is 3.39. The number of piperazine rings is 1. The van der Waals surface area contributed by atoms with Gasteiger partial charge in [-0.2, -0.15) is 0 Å². The minimum atomic E-state index is 0.0376. The number of nitrogens with zero attached hydrogens (tertiary/aromatic N) is 2. The van der Waals surface area contributed by atoms with E-state index in [1.807, 2.05) is 36.9 Å². The number of carbonyl (C=O) groups excluding carboxylic acids is 1. The molecule has 0 saturated carbocycles. The maximum atomic E-state index is 11.9. The van der Waals surface area contributed by atoms with Crippen LogP contribution in [0.4, 0.5) is 5.69 Å². The Morgan fingerprint density at radius 2 is 1.90 bits per heavy atom. The summed E-state index contributed by atoms with van der Waals surface area (Å²) in [6.07, 6.45) is 0.0708. The van der Waals surface area contributed by atoms with Crippen LogP contribution >= 0.6 is 0 Å². The highest BCUT2D eigenvalue weighted by Gasteiger charge is 2.22. The fourth-order valence-electron chi connectivity index (χ4n) is 2.26. The monoisotopic (exact) mass is 278 g/mol. The molecule has 110 valence electrons. The van der Waals surface area contributed by atoms with E-state index >= 15 is 0 Å². The van der Waals surface area contributed by atoms with Gasteiger partial charge in [-0.3, -0.25) is 4.79 Å². The normalized spacial score (nSPS) is 15.8. The first-order chi connectivity index (χ1) is 9.58. The number of hydrogen-bond acceptors (Lipinski definition) is 4. The van der Waals surface area contributed by atoms with Crippen molar-refractivity contribution >= 4 is 11.6 Å². The molecule has 20 heavy (non-hydrogen) atoms. The van der Waals surface area contributed by atoms with E-state index in [0.717, 1.165) is 18.8 Å². The van der Waals surface area contributed by atoms with E-state index in [1.54, 1.807) is 6.07 Å². The third kappa shape index (κ3) is 3.63. The highest BCUT2D eigenvalue weighted by atomic mass is 16.5. The topological polar surface area (TPSA) is 53.0 Å². The van der Waals surface area contributed by atoms with Crippen LogP contribution in [0.15, 0.2) is 24.3 Å². The summed E-state index contributed by atoms with van der Waals surface area (Å²) in [4.78, 5) is 15.9. The van der Waals surface area contributed by atoms with Crippen LogP contribution in [-0.2, 0) is 9.53 Å². The lowest BCUT2D eigenvalue weighted by Crippen LogP contribution is -2.49. The molecule has 0 bridgehead atoms. The molecule has 1 fully saturated rings. The Morgan fingerprint density at radius 1 is 1.25 bits per heavy atom. The molecule has 0 aromatic heterocycles. The highest BCUT2D eigenvalue weighted by Crippen LogP contribution is 2.27. The number of phenols is 1. The SMILES string of the molecule is CC(C)OCC(=O)N1CCN(c2ccccc2O)CC1. The molecular formula is C15H22N2O3. The third-order valence-corrected chi connectivity index (χ3v) is 3.39. The Morgan fingerprint density at radius 3 is 2.50 bits per heavy atom. The Kier molecular flexibility index (Phi) is 4.84. The van der Waals surface area contributed by atoms with Crippen molar-refractivity contribution in [2.24, 2.45) is 0 Å². The summed E-state index contributed by atoms with van der Waals surface area (Å²) >= 11 is 0. The molecular weight excluding hydrogens is 256 g/mol. The summed E-state index contributed by atoms with van der Waals surface area (Å²) in [5.74, 6) is 0.325. The summed E-state index contributed by atoms with van der Waals surface area (Å²) in [5.41, 5.74) is 0.832. The van der Waals surface area contributed by atoms with Gasteiger partial charge in [0.25, 0.3) is 0 Å². The summed E-state index contributed by atoms with van der Waals surface area (Å²) in [5, 5.41) is 9.84. The second-order valence-electron chi connectivity index (χ2n) is 5.22. The predicted octanol–water partition coefficient (Wildman–Crippen LogP) is 1.47. The van der Waals surface area contributed by atoms with Crippen molar-refractivity contribution in [3.8, 4) is 5.75 Å². The van der Waals surface area contributed by atoms with E-state index in [0.29, 0.717) is 13.1 Å². The Bertz CT molecular complexity index is 454. The number of carbonyl (C=O) groups is 1. The fourth-order valence-corrected chi connectivity index (χ4v) is 2.26. The molecule has 0 aliphatic carbocycles. The zero-order valence-electron chi connectivity index (χ0n) is 12.1. The first-order valence-electron chi connectivity index (χ1n) is 7.00. The minimum Gasteiger partial charge on any atom is -0.506 e. The van der Waals surface area contributed by atoms with Crippen molar-refractivity contribution in [3.05, 3.63) is 24.3 Å². The minimum absolute atomic E-state index is 0.0376. The van der Waals surface area contributed by atoms with Crippen LogP contribution in [0.2, 0.25) is 0 Å². The number of anilines is 1. The molecule has 1 aliphatic heterocycles. The number of aromatic hydroxyl groups is 1. The number of rotatable bonds is 4. The van der Waals surface area contributed by atoms with Gasteiger partial charge in [-0.05, 0) is 26.0 Å². The van der Waals surface area contributed by atoms with Crippen molar-refractivity contribution < 1.29 is 14.6 Å². The largest absolute Gasteiger partial charge is 0.506 e. The molecule has 1 heterocycles. The van der Waals surface area contributed by atoms with Gasteiger partial charge < -0.3 is 19.6 Å². The van der Waals surface area contributed by atoms with E-state index in [9.17, 15) is 9.90 Å². The Labute approximate surface area is 119 Å². The molecule has 2 rings (SSSR count). The lowest BCUT2D eigenvalue weighted by molar-refractivity contribution is -0.137. The van der Waals surface area contributed by atoms with E-state index in [2.05, 4.69) is 4.90 Å². The van der Waals surface area contributed by atoms with Crippen molar-refractivity contribution in [2.75, 3.05) is 37.7 Å². The summed E-state index contributed by atoms with van der Waals surface area (Å²) in [7, 11) is 0.